The van der Waals surface area contributed by atoms with E-state index in [0.29, 0.717) is 25.1 Å². The maximum Gasteiger partial charge on any atom is 0.258 e. The normalized spacial score (nSPS) is 10.7. The Kier molecular flexibility index (Phi) is 5.26. The quantitative estimate of drug-likeness (QED) is 0.713. The lowest BCUT2D eigenvalue weighted by atomic mass is 10.1. The number of imidazole rings is 1. The molecule has 0 bridgehead atoms. The largest absolute Gasteiger partial charge is 0.507 e. The molecular formula is C19H17F2N3O2. The molecule has 0 aliphatic heterocycles. The van der Waals surface area contributed by atoms with E-state index in [0.717, 1.165) is 11.4 Å². The summed E-state index contributed by atoms with van der Waals surface area (Å²) in [5.41, 5.74) is 0.549. The van der Waals surface area contributed by atoms with E-state index in [9.17, 15) is 18.7 Å². The Balaban J connectivity index is 1.61. The van der Waals surface area contributed by atoms with Crippen LogP contribution in [0.2, 0.25) is 0 Å². The highest BCUT2D eigenvalue weighted by Crippen LogP contribution is 2.21. The third-order valence-electron chi connectivity index (χ3n) is 3.89. The number of rotatable bonds is 6. The molecule has 7 heteroatoms. The Morgan fingerprint density at radius 1 is 1.19 bits per heavy atom. The number of amides is 1. The van der Waals surface area contributed by atoms with Gasteiger partial charge in [0, 0.05) is 44.0 Å². The Morgan fingerprint density at radius 3 is 2.69 bits per heavy atom. The third kappa shape index (κ3) is 4.05. The molecule has 0 aliphatic carbocycles. The van der Waals surface area contributed by atoms with E-state index in [-0.39, 0.29) is 6.54 Å². The van der Waals surface area contributed by atoms with E-state index in [1.54, 1.807) is 6.20 Å². The van der Waals surface area contributed by atoms with Gasteiger partial charge in [0.25, 0.3) is 5.91 Å². The summed E-state index contributed by atoms with van der Waals surface area (Å²) >= 11 is 0. The second kappa shape index (κ2) is 7.77. The van der Waals surface area contributed by atoms with Gasteiger partial charge in [-0.2, -0.15) is 0 Å². The van der Waals surface area contributed by atoms with Gasteiger partial charge in [0.15, 0.2) is 0 Å². The molecular weight excluding hydrogens is 340 g/mol. The number of hydrogen-bond donors (Lipinski definition) is 2. The van der Waals surface area contributed by atoms with Crippen LogP contribution in [-0.4, -0.2) is 27.1 Å². The highest BCUT2D eigenvalue weighted by molar-refractivity contribution is 5.97. The van der Waals surface area contributed by atoms with Crippen LogP contribution in [0.15, 0.2) is 54.9 Å². The van der Waals surface area contributed by atoms with Gasteiger partial charge in [0.05, 0.1) is 0 Å². The highest BCUT2D eigenvalue weighted by atomic mass is 19.1. The summed E-state index contributed by atoms with van der Waals surface area (Å²) in [5, 5.41) is 12.1. The molecule has 2 aromatic carbocycles. The average molecular weight is 357 g/mol. The number of carbonyl (C=O) groups is 1. The van der Waals surface area contributed by atoms with Crippen molar-refractivity contribution in [3.8, 4) is 5.75 Å². The second-order valence-corrected chi connectivity index (χ2v) is 5.74. The lowest BCUT2D eigenvalue weighted by Gasteiger charge is -2.10. The van der Waals surface area contributed by atoms with Crippen molar-refractivity contribution in [1.29, 1.82) is 0 Å². The molecule has 0 unspecified atom stereocenters. The predicted molar refractivity (Wildman–Crippen MR) is 91.8 cm³/mol. The van der Waals surface area contributed by atoms with E-state index in [4.69, 9.17) is 0 Å². The van der Waals surface area contributed by atoms with Gasteiger partial charge in [0.1, 0.15) is 28.8 Å². The number of phenolic OH excluding ortho intramolecular Hbond substituents is 1. The maximum atomic E-state index is 13.7. The Hall–Kier alpha value is -3.22. The number of nitrogens with one attached hydrogen (secondary N) is 1. The number of hydrogen-bond acceptors (Lipinski definition) is 3. The summed E-state index contributed by atoms with van der Waals surface area (Å²) in [6, 6.07) is 11.1. The van der Waals surface area contributed by atoms with Crippen molar-refractivity contribution in [3.05, 3.63) is 83.4 Å². The molecule has 0 spiro atoms. The summed E-state index contributed by atoms with van der Waals surface area (Å²) in [6.07, 6.45) is 3.94. The lowest BCUT2D eigenvalue weighted by molar-refractivity contribution is 0.0947. The fraction of sp³-hybridized carbons (Fsp3) is 0.158. The minimum absolute atomic E-state index is 0.195. The SMILES string of the molecule is O=C(NCCc1nccn1Cc1ccccc1)c1c(O)cc(F)cc1F. The van der Waals surface area contributed by atoms with Gasteiger partial charge in [-0.05, 0) is 5.56 Å². The van der Waals surface area contributed by atoms with E-state index >= 15 is 0 Å². The number of phenols is 1. The van der Waals surface area contributed by atoms with Crippen molar-refractivity contribution < 1.29 is 18.7 Å². The van der Waals surface area contributed by atoms with Crippen molar-refractivity contribution in [2.45, 2.75) is 13.0 Å². The van der Waals surface area contributed by atoms with Crippen molar-refractivity contribution in [3.63, 3.8) is 0 Å². The molecule has 1 amide bonds. The minimum atomic E-state index is -1.11. The van der Waals surface area contributed by atoms with Crippen LogP contribution in [0.1, 0.15) is 21.7 Å². The number of carbonyl (C=O) groups excluding carboxylic acids is 1. The molecule has 26 heavy (non-hydrogen) atoms. The number of benzene rings is 2. The van der Waals surface area contributed by atoms with Gasteiger partial charge >= 0.3 is 0 Å². The molecule has 2 N–H and O–H groups in total. The molecule has 3 aromatic rings. The van der Waals surface area contributed by atoms with Crippen molar-refractivity contribution >= 4 is 5.91 Å². The molecule has 134 valence electrons. The number of aromatic hydroxyl groups is 1. The van der Waals surface area contributed by atoms with Gasteiger partial charge in [-0.1, -0.05) is 30.3 Å². The molecule has 0 aliphatic rings. The molecule has 5 nitrogen and oxygen atoms in total. The zero-order valence-electron chi connectivity index (χ0n) is 13.8. The molecule has 1 heterocycles. The standard InChI is InChI=1S/C19H17F2N3O2/c20-14-10-15(21)18(16(25)11-14)19(26)23-7-6-17-22-8-9-24(17)12-13-4-2-1-3-5-13/h1-5,8-11,25H,6-7,12H2,(H,23,26). The van der Waals surface area contributed by atoms with Gasteiger partial charge in [-0.15, -0.1) is 0 Å². The van der Waals surface area contributed by atoms with Crippen LogP contribution in [0.3, 0.4) is 0 Å². The first-order valence-electron chi connectivity index (χ1n) is 8.04. The molecule has 0 fully saturated rings. The van der Waals surface area contributed by atoms with Crippen LogP contribution in [0.25, 0.3) is 0 Å². The fourth-order valence-electron chi connectivity index (χ4n) is 2.65. The first-order chi connectivity index (χ1) is 12.5. The topological polar surface area (TPSA) is 67.2 Å². The predicted octanol–water partition coefficient (Wildman–Crippen LogP) is 2.89. The van der Waals surface area contributed by atoms with E-state index in [1.807, 2.05) is 41.1 Å². The van der Waals surface area contributed by atoms with Gasteiger partial charge < -0.3 is 15.0 Å². The fourth-order valence-corrected chi connectivity index (χ4v) is 2.65. The zero-order valence-corrected chi connectivity index (χ0v) is 13.8. The molecule has 0 atom stereocenters. The summed E-state index contributed by atoms with van der Waals surface area (Å²) in [4.78, 5) is 16.3. The van der Waals surface area contributed by atoms with Crippen LogP contribution in [0.4, 0.5) is 8.78 Å². The molecule has 3 rings (SSSR count). The minimum Gasteiger partial charge on any atom is -0.507 e. The molecule has 1 aromatic heterocycles. The van der Waals surface area contributed by atoms with E-state index in [2.05, 4.69) is 10.3 Å². The second-order valence-electron chi connectivity index (χ2n) is 5.74. The van der Waals surface area contributed by atoms with Crippen molar-refractivity contribution in [2.75, 3.05) is 6.54 Å². The van der Waals surface area contributed by atoms with Crippen LogP contribution >= 0.6 is 0 Å². The molecule has 0 radical (unpaired) electrons. The Morgan fingerprint density at radius 2 is 1.96 bits per heavy atom. The van der Waals surface area contributed by atoms with Crippen molar-refractivity contribution in [2.24, 2.45) is 0 Å². The average Bonchev–Trinajstić information content (AvgIpc) is 3.02. The highest BCUT2D eigenvalue weighted by Gasteiger charge is 2.18. The number of halogens is 2. The third-order valence-corrected chi connectivity index (χ3v) is 3.89. The smallest absolute Gasteiger partial charge is 0.258 e. The Labute approximate surface area is 148 Å². The summed E-state index contributed by atoms with van der Waals surface area (Å²) in [7, 11) is 0. The van der Waals surface area contributed by atoms with Gasteiger partial charge in [-0.25, -0.2) is 13.8 Å². The monoisotopic (exact) mass is 357 g/mol. The number of nitrogens with zero attached hydrogens (tertiary/aromatic N) is 2. The first kappa shape index (κ1) is 17.6. The van der Waals surface area contributed by atoms with Crippen molar-refractivity contribution in [1.82, 2.24) is 14.9 Å². The summed E-state index contributed by atoms with van der Waals surface area (Å²) in [5.74, 6) is -2.82. The Bertz CT molecular complexity index is 887. The summed E-state index contributed by atoms with van der Waals surface area (Å²) < 4.78 is 28.6. The summed E-state index contributed by atoms with van der Waals surface area (Å²) in [6.45, 7) is 0.846. The van der Waals surface area contributed by atoms with Gasteiger partial charge in [-0.3, -0.25) is 4.79 Å². The zero-order chi connectivity index (χ0) is 18.5. The lowest BCUT2D eigenvalue weighted by Crippen LogP contribution is -2.27. The molecule has 0 saturated carbocycles. The maximum absolute atomic E-state index is 13.7. The van der Waals surface area contributed by atoms with Crippen LogP contribution in [0, 0.1) is 11.6 Å². The van der Waals surface area contributed by atoms with Crippen LogP contribution in [0.5, 0.6) is 5.75 Å². The van der Waals surface area contributed by atoms with Gasteiger partial charge in [0.2, 0.25) is 0 Å². The molecule has 0 saturated heterocycles. The van der Waals surface area contributed by atoms with E-state index < -0.39 is 28.9 Å². The number of aromatic nitrogens is 2. The van der Waals surface area contributed by atoms with Crippen LogP contribution < -0.4 is 5.32 Å². The van der Waals surface area contributed by atoms with E-state index in [1.165, 1.54) is 0 Å². The van der Waals surface area contributed by atoms with Crippen LogP contribution in [-0.2, 0) is 13.0 Å². The first-order valence-corrected chi connectivity index (χ1v) is 8.04.